The minimum atomic E-state index is 0.0448. The van der Waals surface area contributed by atoms with E-state index in [0.29, 0.717) is 11.4 Å². The molecular formula is C16H18N2O. The summed E-state index contributed by atoms with van der Waals surface area (Å²) in [6.45, 7) is 6.86. The predicted octanol–water partition coefficient (Wildman–Crippen LogP) is 3.04. The summed E-state index contributed by atoms with van der Waals surface area (Å²) in [5, 5.41) is 12.7. The molecule has 2 aromatic rings. The van der Waals surface area contributed by atoms with Gasteiger partial charge in [0.15, 0.2) is 0 Å². The fourth-order valence-corrected chi connectivity index (χ4v) is 4.25. The van der Waals surface area contributed by atoms with E-state index in [2.05, 4.69) is 20.8 Å². The monoisotopic (exact) mass is 254 g/mol. The molecule has 2 aliphatic rings. The van der Waals surface area contributed by atoms with E-state index >= 15 is 0 Å². The van der Waals surface area contributed by atoms with Crippen LogP contribution in [0.5, 0.6) is 0 Å². The van der Waals surface area contributed by atoms with Crippen molar-refractivity contribution in [3.63, 3.8) is 0 Å². The largest absolute Gasteiger partial charge is 0.618 e. The van der Waals surface area contributed by atoms with Crippen molar-refractivity contribution in [3.05, 3.63) is 40.9 Å². The van der Waals surface area contributed by atoms with Gasteiger partial charge in [-0.15, -0.1) is 0 Å². The van der Waals surface area contributed by atoms with Crippen molar-refractivity contribution in [2.75, 3.05) is 0 Å². The second-order valence-electron chi connectivity index (χ2n) is 6.77. The van der Waals surface area contributed by atoms with Crippen LogP contribution in [0.2, 0.25) is 0 Å². The van der Waals surface area contributed by atoms with Crippen LogP contribution in [-0.4, -0.2) is 4.98 Å². The lowest BCUT2D eigenvalue weighted by molar-refractivity contribution is -0.588. The van der Waals surface area contributed by atoms with E-state index in [9.17, 15) is 5.21 Å². The summed E-state index contributed by atoms with van der Waals surface area (Å²) in [5.74, 6) is 0.349. The first-order valence-electron chi connectivity index (χ1n) is 6.99. The van der Waals surface area contributed by atoms with Gasteiger partial charge in [-0.3, -0.25) is 0 Å². The first kappa shape index (κ1) is 11.2. The van der Waals surface area contributed by atoms with Gasteiger partial charge in [0.25, 0.3) is 0 Å². The lowest BCUT2D eigenvalue weighted by atomic mass is 9.70. The quantitative estimate of drug-likeness (QED) is 0.535. The third-order valence-corrected chi connectivity index (χ3v) is 5.87. The number of benzene rings is 1. The second kappa shape index (κ2) is 3.09. The van der Waals surface area contributed by atoms with Gasteiger partial charge in [0.1, 0.15) is 11.2 Å². The van der Waals surface area contributed by atoms with Crippen molar-refractivity contribution in [1.82, 2.24) is 4.98 Å². The zero-order valence-corrected chi connectivity index (χ0v) is 11.6. The maximum atomic E-state index is 12.7. The zero-order chi connectivity index (χ0) is 13.4. The van der Waals surface area contributed by atoms with E-state index < -0.39 is 0 Å². The van der Waals surface area contributed by atoms with Gasteiger partial charge in [-0.1, -0.05) is 32.9 Å². The molecule has 0 saturated heterocycles. The number of nitrogens with zero attached hydrogens (tertiary/aromatic N) is 2. The molecular weight excluding hydrogens is 236 g/mol. The predicted molar refractivity (Wildman–Crippen MR) is 73.8 cm³/mol. The molecule has 1 saturated carbocycles. The van der Waals surface area contributed by atoms with E-state index in [-0.39, 0.29) is 10.8 Å². The van der Waals surface area contributed by atoms with E-state index in [1.165, 1.54) is 0 Å². The molecule has 0 amide bonds. The molecule has 3 nitrogen and oxygen atoms in total. The van der Waals surface area contributed by atoms with Gasteiger partial charge in [-0.25, -0.2) is 4.98 Å². The van der Waals surface area contributed by atoms with Crippen molar-refractivity contribution in [2.24, 2.45) is 5.41 Å². The topological polar surface area (TPSA) is 39.8 Å². The molecule has 0 unspecified atom stereocenters. The molecule has 1 aromatic heterocycles. The number of rotatable bonds is 0. The molecule has 98 valence electrons. The molecule has 3 heteroatoms. The molecule has 2 aliphatic carbocycles. The molecule has 0 aliphatic heterocycles. The van der Waals surface area contributed by atoms with Crippen LogP contribution >= 0.6 is 0 Å². The highest BCUT2D eigenvalue weighted by atomic mass is 16.5. The third-order valence-electron chi connectivity index (χ3n) is 5.87. The molecule has 1 fully saturated rings. The highest BCUT2D eigenvalue weighted by Crippen LogP contribution is 2.66. The molecule has 0 spiro atoms. The van der Waals surface area contributed by atoms with Crippen LogP contribution in [0.4, 0.5) is 0 Å². The van der Waals surface area contributed by atoms with Gasteiger partial charge in [0.2, 0.25) is 11.2 Å². The van der Waals surface area contributed by atoms with Crippen molar-refractivity contribution in [3.8, 4) is 0 Å². The summed E-state index contributed by atoms with van der Waals surface area (Å²) >= 11 is 0. The lowest BCUT2D eigenvalue weighted by Crippen LogP contribution is -2.37. The van der Waals surface area contributed by atoms with Crippen LogP contribution in [0.1, 0.15) is 50.9 Å². The van der Waals surface area contributed by atoms with Crippen LogP contribution in [-0.2, 0) is 5.41 Å². The lowest BCUT2D eigenvalue weighted by Gasteiger charge is -2.33. The normalized spacial score (nSPS) is 30.8. The Labute approximate surface area is 112 Å². The van der Waals surface area contributed by atoms with Crippen LogP contribution in [0.3, 0.4) is 0 Å². The summed E-state index contributed by atoms with van der Waals surface area (Å²) in [4.78, 5) is 4.85. The van der Waals surface area contributed by atoms with Crippen molar-refractivity contribution >= 4 is 11.0 Å². The van der Waals surface area contributed by atoms with Crippen LogP contribution < -0.4 is 4.73 Å². The van der Waals surface area contributed by atoms with Gasteiger partial charge < -0.3 is 5.21 Å². The molecule has 19 heavy (non-hydrogen) atoms. The first-order chi connectivity index (χ1) is 8.97. The molecule has 4 rings (SSSR count). The standard InChI is InChI=1S/C16H18N2O/c1-15(2)10-8-9-16(15,3)14-13(10)18(19)12-7-5-4-6-11(12)17-14/h4-7,10H,8-9H2,1-3H3/t10-,16-/m0/s1. The average Bonchev–Trinajstić information content (AvgIpc) is 2.71. The zero-order valence-electron chi connectivity index (χ0n) is 11.6. The van der Waals surface area contributed by atoms with Gasteiger partial charge >= 0.3 is 0 Å². The molecule has 0 N–H and O–H groups in total. The smallest absolute Gasteiger partial charge is 0.242 e. The summed E-state index contributed by atoms with van der Waals surface area (Å²) in [5.41, 5.74) is 3.67. The maximum Gasteiger partial charge on any atom is 0.242 e. The Morgan fingerprint density at radius 2 is 2.00 bits per heavy atom. The molecule has 0 radical (unpaired) electrons. The van der Waals surface area contributed by atoms with Crippen LogP contribution in [0.15, 0.2) is 24.3 Å². The molecule has 2 bridgehead atoms. The first-order valence-corrected chi connectivity index (χ1v) is 6.99. The Morgan fingerprint density at radius 3 is 2.79 bits per heavy atom. The second-order valence-corrected chi connectivity index (χ2v) is 6.77. The SMILES string of the molecule is CC1(C)[C@H]2CC[C@@]1(C)c1nc3ccccc3[n+]([O-])c12. The molecule has 1 aromatic carbocycles. The Hall–Kier alpha value is -1.64. The number of hydrogen-bond acceptors (Lipinski definition) is 2. The van der Waals surface area contributed by atoms with Crippen LogP contribution in [0.25, 0.3) is 11.0 Å². The summed E-state index contributed by atoms with van der Waals surface area (Å²) in [7, 11) is 0. The fourth-order valence-electron chi connectivity index (χ4n) is 4.25. The Bertz CT molecular complexity index is 707. The third kappa shape index (κ3) is 1.06. The number of hydrogen-bond donors (Lipinski definition) is 0. The number of fused-ring (bicyclic) bond motifs is 6. The summed E-state index contributed by atoms with van der Waals surface area (Å²) < 4.78 is 1.15. The number of para-hydroxylation sites is 2. The minimum absolute atomic E-state index is 0.0448. The summed E-state index contributed by atoms with van der Waals surface area (Å²) in [6, 6.07) is 7.66. The van der Waals surface area contributed by atoms with Gasteiger partial charge in [-0.05, 0) is 24.3 Å². The Balaban J connectivity index is 2.14. The van der Waals surface area contributed by atoms with E-state index in [1.54, 1.807) is 0 Å². The summed E-state index contributed by atoms with van der Waals surface area (Å²) in [6.07, 6.45) is 2.25. The van der Waals surface area contributed by atoms with E-state index in [1.807, 2.05) is 24.3 Å². The van der Waals surface area contributed by atoms with Gasteiger partial charge in [-0.2, -0.15) is 4.73 Å². The highest BCUT2D eigenvalue weighted by Gasteiger charge is 2.64. The molecule has 2 atom stereocenters. The van der Waals surface area contributed by atoms with Crippen molar-refractivity contribution < 1.29 is 4.73 Å². The van der Waals surface area contributed by atoms with E-state index in [0.717, 1.165) is 34.5 Å². The molecule has 1 heterocycles. The maximum absolute atomic E-state index is 12.7. The Morgan fingerprint density at radius 1 is 1.26 bits per heavy atom. The minimum Gasteiger partial charge on any atom is -0.618 e. The highest BCUT2D eigenvalue weighted by molar-refractivity contribution is 5.71. The fraction of sp³-hybridized carbons (Fsp3) is 0.500. The van der Waals surface area contributed by atoms with Crippen molar-refractivity contribution in [2.45, 2.75) is 44.9 Å². The van der Waals surface area contributed by atoms with E-state index in [4.69, 9.17) is 4.98 Å². The van der Waals surface area contributed by atoms with Crippen LogP contribution in [0, 0.1) is 10.6 Å². The number of aromatic nitrogens is 2. The average molecular weight is 254 g/mol. The Kier molecular flexibility index (Phi) is 1.82. The van der Waals surface area contributed by atoms with Crippen molar-refractivity contribution in [1.29, 1.82) is 0 Å². The van der Waals surface area contributed by atoms with Gasteiger partial charge in [0.05, 0.1) is 5.92 Å². The van der Waals surface area contributed by atoms with Gasteiger partial charge in [0, 0.05) is 11.5 Å².